The second kappa shape index (κ2) is 5.07. The summed E-state index contributed by atoms with van der Waals surface area (Å²) in [6, 6.07) is 11.2. The molecule has 1 aliphatic rings. The van der Waals surface area contributed by atoms with E-state index in [-0.39, 0.29) is 0 Å². The number of rotatable bonds is 4. The maximum absolute atomic E-state index is 9.02. The number of benzene rings is 1. The second-order valence-electron chi connectivity index (χ2n) is 5.24. The first-order valence-electron chi connectivity index (χ1n) is 7.07. The average Bonchev–Trinajstić information content (AvgIpc) is 2.73. The lowest BCUT2D eigenvalue weighted by atomic mass is 10.0. The summed E-state index contributed by atoms with van der Waals surface area (Å²) < 4.78 is 2.34. The molecule has 19 heavy (non-hydrogen) atoms. The third kappa shape index (κ3) is 2.24. The molecule has 2 heterocycles. The Morgan fingerprint density at radius 1 is 1.42 bits per heavy atom. The Labute approximate surface area is 113 Å². The first-order valence-corrected chi connectivity index (χ1v) is 7.07. The largest absolute Gasteiger partial charge is 0.345 e. The molecule has 0 amide bonds. The molecule has 0 saturated carbocycles. The zero-order valence-electron chi connectivity index (χ0n) is 11.3. The summed E-state index contributed by atoms with van der Waals surface area (Å²) in [7, 11) is 0. The standard InChI is InChI=1S/C16H19N3/c1-2-19-15(6-5-14-7-8-18-14)10-13-4-3-12(11-17)9-16(13)19/h3-4,9-10,14,18H,2,5-8H2,1H3/t14-/m0/s1. The highest BCUT2D eigenvalue weighted by Gasteiger charge is 2.17. The van der Waals surface area contributed by atoms with E-state index in [9.17, 15) is 0 Å². The maximum Gasteiger partial charge on any atom is 0.0992 e. The van der Waals surface area contributed by atoms with E-state index < -0.39 is 0 Å². The molecule has 0 aliphatic carbocycles. The van der Waals surface area contributed by atoms with Gasteiger partial charge >= 0.3 is 0 Å². The molecule has 0 unspecified atom stereocenters. The second-order valence-corrected chi connectivity index (χ2v) is 5.24. The molecule has 98 valence electrons. The molecular weight excluding hydrogens is 234 g/mol. The van der Waals surface area contributed by atoms with Crippen molar-refractivity contribution in [1.82, 2.24) is 9.88 Å². The molecule has 2 aromatic rings. The van der Waals surface area contributed by atoms with Crippen LogP contribution in [0.5, 0.6) is 0 Å². The van der Waals surface area contributed by atoms with Crippen LogP contribution in [0, 0.1) is 11.3 Å². The summed E-state index contributed by atoms with van der Waals surface area (Å²) >= 11 is 0. The Kier molecular flexibility index (Phi) is 3.27. The quantitative estimate of drug-likeness (QED) is 0.910. The van der Waals surface area contributed by atoms with Gasteiger partial charge in [0.25, 0.3) is 0 Å². The van der Waals surface area contributed by atoms with Crippen molar-refractivity contribution in [3.05, 3.63) is 35.5 Å². The number of aryl methyl sites for hydroxylation is 2. The van der Waals surface area contributed by atoms with Crippen molar-refractivity contribution in [2.24, 2.45) is 0 Å². The molecule has 0 radical (unpaired) electrons. The zero-order valence-corrected chi connectivity index (χ0v) is 11.3. The molecule has 1 aromatic heterocycles. The van der Waals surface area contributed by atoms with Gasteiger partial charge in [-0.25, -0.2) is 0 Å². The SMILES string of the molecule is CCn1c(CC[C@H]2CCN2)cc2ccc(C#N)cc21. The normalized spacial score (nSPS) is 18.2. The van der Waals surface area contributed by atoms with Crippen molar-refractivity contribution < 1.29 is 0 Å². The third-order valence-corrected chi connectivity index (χ3v) is 4.11. The fourth-order valence-corrected chi connectivity index (χ4v) is 2.88. The Bertz CT molecular complexity index is 629. The molecule has 1 atom stereocenters. The summed E-state index contributed by atoms with van der Waals surface area (Å²) in [6.45, 7) is 4.31. The van der Waals surface area contributed by atoms with Gasteiger partial charge in [0, 0.05) is 23.8 Å². The van der Waals surface area contributed by atoms with Gasteiger partial charge in [-0.05, 0) is 56.3 Å². The fraction of sp³-hybridized carbons (Fsp3) is 0.438. The smallest absolute Gasteiger partial charge is 0.0992 e. The first kappa shape index (κ1) is 12.3. The van der Waals surface area contributed by atoms with Crippen LogP contribution >= 0.6 is 0 Å². The summed E-state index contributed by atoms with van der Waals surface area (Å²) in [5.41, 5.74) is 3.33. The van der Waals surface area contributed by atoms with E-state index in [2.05, 4.69) is 35.0 Å². The van der Waals surface area contributed by atoms with Gasteiger partial charge in [-0.2, -0.15) is 5.26 Å². The van der Waals surface area contributed by atoms with Gasteiger partial charge in [0.05, 0.1) is 11.6 Å². The third-order valence-electron chi connectivity index (χ3n) is 4.11. The van der Waals surface area contributed by atoms with Gasteiger partial charge in [-0.1, -0.05) is 6.07 Å². The Balaban J connectivity index is 1.92. The minimum atomic E-state index is 0.706. The summed E-state index contributed by atoms with van der Waals surface area (Å²) in [5.74, 6) is 0. The Morgan fingerprint density at radius 2 is 2.26 bits per heavy atom. The van der Waals surface area contributed by atoms with Gasteiger partial charge in [-0.3, -0.25) is 0 Å². The molecule has 1 saturated heterocycles. The van der Waals surface area contributed by atoms with Gasteiger partial charge in [-0.15, -0.1) is 0 Å². The predicted octanol–water partition coefficient (Wildman–Crippen LogP) is 2.83. The van der Waals surface area contributed by atoms with Crippen LogP contribution in [-0.4, -0.2) is 17.2 Å². The number of aromatic nitrogens is 1. The van der Waals surface area contributed by atoms with Crippen LogP contribution in [0.25, 0.3) is 10.9 Å². The van der Waals surface area contributed by atoms with Crippen molar-refractivity contribution in [3.63, 3.8) is 0 Å². The highest BCUT2D eigenvalue weighted by molar-refractivity contribution is 5.82. The zero-order chi connectivity index (χ0) is 13.2. The molecule has 0 spiro atoms. The lowest BCUT2D eigenvalue weighted by Gasteiger charge is -2.27. The number of nitrogens with one attached hydrogen (secondary N) is 1. The lowest BCUT2D eigenvalue weighted by Crippen LogP contribution is -2.43. The van der Waals surface area contributed by atoms with Crippen LogP contribution in [0.1, 0.15) is 31.0 Å². The molecular formula is C16H19N3. The van der Waals surface area contributed by atoms with Gasteiger partial charge in [0.15, 0.2) is 0 Å². The van der Waals surface area contributed by atoms with Crippen LogP contribution in [-0.2, 0) is 13.0 Å². The van der Waals surface area contributed by atoms with E-state index in [1.54, 1.807) is 0 Å². The van der Waals surface area contributed by atoms with Crippen LogP contribution in [0.15, 0.2) is 24.3 Å². The Morgan fingerprint density at radius 3 is 2.89 bits per heavy atom. The van der Waals surface area contributed by atoms with Crippen molar-refractivity contribution >= 4 is 10.9 Å². The van der Waals surface area contributed by atoms with E-state index in [4.69, 9.17) is 5.26 Å². The average molecular weight is 253 g/mol. The van der Waals surface area contributed by atoms with Gasteiger partial charge < -0.3 is 9.88 Å². The minimum absolute atomic E-state index is 0.706. The summed E-state index contributed by atoms with van der Waals surface area (Å²) in [5, 5.41) is 13.7. The molecule has 0 bridgehead atoms. The topological polar surface area (TPSA) is 40.8 Å². The molecule has 1 N–H and O–H groups in total. The van der Waals surface area contributed by atoms with E-state index >= 15 is 0 Å². The summed E-state index contributed by atoms with van der Waals surface area (Å²) in [6.07, 6.45) is 3.63. The van der Waals surface area contributed by atoms with Crippen molar-refractivity contribution in [3.8, 4) is 6.07 Å². The van der Waals surface area contributed by atoms with E-state index in [1.807, 2.05) is 12.1 Å². The first-order chi connectivity index (χ1) is 9.31. The summed E-state index contributed by atoms with van der Waals surface area (Å²) in [4.78, 5) is 0. The van der Waals surface area contributed by atoms with Crippen LogP contribution < -0.4 is 5.32 Å². The van der Waals surface area contributed by atoms with Crippen molar-refractivity contribution in [1.29, 1.82) is 5.26 Å². The van der Waals surface area contributed by atoms with Crippen molar-refractivity contribution in [2.45, 2.75) is 38.8 Å². The van der Waals surface area contributed by atoms with Crippen molar-refractivity contribution in [2.75, 3.05) is 6.54 Å². The van der Waals surface area contributed by atoms with Crippen LogP contribution in [0.4, 0.5) is 0 Å². The van der Waals surface area contributed by atoms with Gasteiger partial charge in [0.1, 0.15) is 0 Å². The number of fused-ring (bicyclic) bond motifs is 1. The monoisotopic (exact) mass is 253 g/mol. The highest BCUT2D eigenvalue weighted by Crippen LogP contribution is 2.23. The van der Waals surface area contributed by atoms with E-state index in [0.717, 1.165) is 18.5 Å². The van der Waals surface area contributed by atoms with E-state index in [1.165, 1.54) is 36.0 Å². The number of hydrogen-bond donors (Lipinski definition) is 1. The molecule has 3 rings (SSSR count). The highest BCUT2D eigenvalue weighted by atomic mass is 15.0. The number of hydrogen-bond acceptors (Lipinski definition) is 2. The molecule has 3 nitrogen and oxygen atoms in total. The molecule has 3 heteroatoms. The van der Waals surface area contributed by atoms with Crippen LogP contribution in [0.2, 0.25) is 0 Å². The van der Waals surface area contributed by atoms with Gasteiger partial charge in [0.2, 0.25) is 0 Å². The fourth-order valence-electron chi connectivity index (χ4n) is 2.88. The minimum Gasteiger partial charge on any atom is -0.345 e. The maximum atomic E-state index is 9.02. The predicted molar refractivity (Wildman–Crippen MR) is 77.1 cm³/mol. The van der Waals surface area contributed by atoms with E-state index in [0.29, 0.717) is 6.04 Å². The lowest BCUT2D eigenvalue weighted by molar-refractivity contribution is 0.349. The number of nitrogens with zero attached hydrogens (tertiary/aromatic N) is 2. The molecule has 1 fully saturated rings. The number of nitriles is 1. The van der Waals surface area contributed by atoms with Crippen LogP contribution in [0.3, 0.4) is 0 Å². The Hall–Kier alpha value is -1.79. The molecule has 1 aromatic carbocycles. The molecule has 1 aliphatic heterocycles.